The SMILES string of the molecule is OCCCC[N+]1(Cc2ccccc2)CC1. The van der Waals surface area contributed by atoms with Crippen molar-refractivity contribution in [2.45, 2.75) is 19.4 Å². The molecule has 0 radical (unpaired) electrons. The average Bonchev–Trinajstić information content (AvgIpc) is 3.00. The number of aliphatic hydroxyl groups is 1. The van der Waals surface area contributed by atoms with Crippen molar-refractivity contribution in [1.82, 2.24) is 0 Å². The van der Waals surface area contributed by atoms with Crippen LogP contribution in [0, 0.1) is 0 Å². The molecule has 0 unspecified atom stereocenters. The Bertz CT molecular complexity index is 293. The van der Waals surface area contributed by atoms with Gasteiger partial charge in [-0.25, -0.2) is 0 Å². The second kappa shape index (κ2) is 4.77. The maximum Gasteiger partial charge on any atom is 0.129 e. The van der Waals surface area contributed by atoms with E-state index in [0.717, 1.165) is 12.8 Å². The molecule has 0 atom stereocenters. The molecule has 0 saturated carbocycles. The van der Waals surface area contributed by atoms with Crippen molar-refractivity contribution in [2.24, 2.45) is 0 Å². The predicted molar refractivity (Wildman–Crippen MR) is 61.3 cm³/mol. The van der Waals surface area contributed by atoms with Crippen molar-refractivity contribution in [3.63, 3.8) is 0 Å². The van der Waals surface area contributed by atoms with E-state index in [1.54, 1.807) is 0 Å². The Hall–Kier alpha value is -0.860. The molecule has 2 nitrogen and oxygen atoms in total. The third-order valence-electron chi connectivity index (χ3n) is 3.26. The summed E-state index contributed by atoms with van der Waals surface area (Å²) in [6, 6.07) is 10.7. The van der Waals surface area contributed by atoms with E-state index in [9.17, 15) is 0 Å². The quantitative estimate of drug-likeness (QED) is 0.427. The van der Waals surface area contributed by atoms with Gasteiger partial charge in [0, 0.05) is 12.2 Å². The molecule has 1 aliphatic heterocycles. The molecule has 0 aromatic heterocycles. The molecular weight excluding hydrogens is 186 g/mol. The van der Waals surface area contributed by atoms with Crippen LogP contribution in [0.4, 0.5) is 0 Å². The third kappa shape index (κ3) is 3.05. The first-order chi connectivity index (χ1) is 7.35. The first kappa shape index (κ1) is 10.7. The zero-order valence-electron chi connectivity index (χ0n) is 9.23. The molecule has 1 aromatic carbocycles. The maximum atomic E-state index is 8.77. The summed E-state index contributed by atoms with van der Waals surface area (Å²) in [5, 5.41) is 8.77. The molecule has 2 rings (SSSR count). The van der Waals surface area contributed by atoms with Gasteiger partial charge in [-0.05, 0) is 12.8 Å². The number of rotatable bonds is 6. The van der Waals surface area contributed by atoms with Crippen LogP contribution in [0.3, 0.4) is 0 Å². The molecule has 0 amide bonds. The van der Waals surface area contributed by atoms with Crippen molar-refractivity contribution < 1.29 is 9.59 Å². The van der Waals surface area contributed by atoms with Gasteiger partial charge in [-0.3, -0.25) is 0 Å². The lowest BCUT2D eigenvalue weighted by Crippen LogP contribution is -2.26. The second-order valence-corrected chi connectivity index (χ2v) is 4.59. The van der Waals surface area contributed by atoms with Crippen LogP contribution >= 0.6 is 0 Å². The van der Waals surface area contributed by atoms with Crippen LogP contribution in [0.1, 0.15) is 18.4 Å². The van der Waals surface area contributed by atoms with Crippen LogP contribution in [-0.2, 0) is 6.54 Å². The maximum absolute atomic E-state index is 8.77. The molecule has 2 heteroatoms. The van der Waals surface area contributed by atoms with Gasteiger partial charge in [0.15, 0.2) is 0 Å². The highest BCUT2D eigenvalue weighted by atomic mass is 16.2. The normalized spacial score (nSPS) is 17.7. The fourth-order valence-corrected chi connectivity index (χ4v) is 2.13. The number of hydrogen-bond acceptors (Lipinski definition) is 1. The van der Waals surface area contributed by atoms with E-state index in [2.05, 4.69) is 30.3 Å². The lowest BCUT2D eigenvalue weighted by molar-refractivity contribution is -0.814. The van der Waals surface area contributed by atoms with Crippen LogP contribution in [0.2, 0.25) is 0 Å². The molecular formula is C13H20NO+. The van der Waals surface area contributed by atoms with Crippen LogP contribution in [0.15, 0.2) is 30.3 Å². The van der Waals surface area contributed by atoms with Gasteiger partial charge in [0.1, 0.15) is 19.6 Å². The van der Waals surface area contributed by atoms with Gasteiger partial charge in [-0.1, -0.05) is 30.3 Å². The number of nitrogens with zero attached hydrogens (tertiary/aromatic N) is 1. The lowest BCUT2D eigenvalue weighted by atomic mass is 10.2. The zero-order valence-corrected chi connectivity index (χ0v) is 9.23. The Morgan fingerprint density at radius 2 is 1.80 bits per heavy atom. The first-order valence-electron chi connectivity index (χ1n) is 5.85. The van der Waals surface area contributed by atoms with Gasteiger partial charge in [0.05, 0.1) is 6.54 Å². The first-order valence-corrected chi connectivity index (χ1v) is 5.85. The van der Waals surface area contributed by atoms with Crippen LogP contribution < -0.4 is 0 Å². The summed E-state index contributed by atoms with van der Waals surface area (Å²) in [6.07, 6.45) is 2.11. The fraction of sp³-hybridized carbons (Fsp3) is 0.538. The second-order valence-electron chi connectivity index (χ2n) is 4.59. The van der Waals surface area contributed by atoms with Gasteiger partial charge in [0.25, 0.3) is 0 Å². The number of aliphatic hydroxyl groups excluding tert-OH is 1. The Balaban J connectivity index is 1.83. The van der Waals surface area contributed by atoms with E-state index < -0.39 is 0 Å². The predicted octanol–water partition coefficient (Wildman–Crippen LogP) is 1.79. The molecule has 1 aliphatic rings. The molecule has 1 aromatic rings. The molecule has 1 heterocycles. The number of unbranched alkanes of at least 4 members (excludes halogenated alkanes) is 1. The van der Waals surface area contributed by atoms with Crippen LogP contribution in [0.5, 0.6) is 0 Å². The van der Waals surface area contributed by atoms with Crippen molar-refractivity contribution in [3.8, 4) is 0 Å². The molecule has 0 spiro atoms. The van der Waals surface area contributed by atoms with E-state index >= 15 is 0 Å². The summed E-state index contributed by atoms with van der Waals surface area (Å²) in [5.41, 5.74) is 1.44. The molecule has 1 N–H and O–H groups in total. The number of hydrogen-bond donors (Lipinski definition) is 1. The van der Waals surface area contributed by atoms with Crippen molar-refractivity contribution in [3.05, 3.63) is 35.9 Å². The fourth-order valence-electron chi connectivity index (χ4n) is 2.13. The summed E-state index contributed by atoms with van der Waals surface area (Å²) in [5.74, 6) is 0. The molecule has 82 valence electrons. The van der Waals surface area contributed by atoms with E-state index in [1.807, 2.05) is 0 Å². The van der Waals surface area contributed by atoms with Crippen LogP contribution in [0.25, 0.3) is 0 Å². The molecule has 0 bridgehead atoms. The average molecular weight is 206 g/mol. The highest BCUT2D eigenvalue weighted by Crippen LogP contribution is 2.26. The highest BCUT2D eigenvalue weighted by molar-refractivity contribution is 5.13. The minimum Gasteiger partial charge on any atom is -0.396 e. The standard InChI is InChI=1S/C13H20NO/c15-11-5-4-8-14(9-10-14)12-13-6-2-1-3-7-13/h1-3,6-7,15H,4-5,8-12H2/q+1. The largest absolute Gasteiger partial charge is 0.396 e. The summed E-state index contributed by atoms with van der Waals surface area (Å²) in [4.78, 5) is 0. The van der Waals surface area contributed by atoms with Crippen LogP contribution in [-0.4, -0.2) is 35.8 Å². The van der Waals surface area contributed by atoms with E-state index in [-0.39, 0.29) is 0 Å². The van der Waals surface area contributed by atoms with Gasteiger partial charge in [-0.15, -0.1) is 0 Å². The van der Waals surface area contributed by atoms with E-state index in [4.69, 9.17) is 5.11 Å². The van der Waals surface area contributed by atoms with Crippen molar-refractivity contribution >= 4 is 0 Å². The lowest BCUT2D eigenvalue weighted by Gasteiger charge is -2.18. The Morgan fingerprint density at radius 1 is 1.07 bits per heavy atom. The van der Waals surface area contributed by atoms with Crippen molar-refractivity contribution in [1.29, 1.82) is 0 Å². The zero-order chi connectivity index (χ0) is 10.6. The number of benzene rings is 1. The molecule has 1 saturated heterocycles. The summed E-state index contributed by atoms with van der Waals surface area (Å²) >= 11 is 0. The Morgan fingerprint density at radius 3 is 2.40 bits per heavy atom. The molecule has 15 heavy (non-hydrogen) atoms. The third-order valence-corrected chi connectivity index (χ3v) is 3.26. The summed E-state index contributed by atoms with van der Waals surface area (Å²) in [7, 11) is 0. The van der Waals surface area contributed by atoms with Gasteiger partial charge < -0.3 is 9.59 Å². The molecule has 0 aliphatic carbocycles. The summed E-state index contributed by atoms with van der Waals surface area (Å²) in [6.45, 7) is 5.38. The summed E-state index contributed by atoms with van der Waals surface area (Å²) < 4.78 is 1.24. The highest BCUT2D eigenvalue weighted by Gasteiger charge is 2.40. The molecule has 1 fully saturated rings. The minimum absolute atomic E-state index is 0.339. The van der Waals surface area contributed by atoms with E-state index in [0.29, 0.717) is 6.61 Å². The topological polar surface area (TPSA) is 20.2 Å². The smallest absolute Gasteiger partial charge is 0.129 e. The van der Waals surface area contributed by atoms with E-state index in [1.165, 1.54) is 36.2 Å². The van der Waals surface area contributed by atoms with Gasteiger partial charge >= 0.3 is 0 Å². The van der Waals surface area contributed by atoms with Gasteiger partial charge in [0.2, 0.25) is 0 Å². The Kier molecular flexibility index (Phi) is 3.39. The van der Waals surface area contributed by atoms with Gasteiger partial charge in [-0.2, -0.15) is 0 Å². The number of quaternary nitrogens is 1. The van der Waals surface area contributed by atoms with Crippen molar-refractivity contribution in [2.75, 3.05) is 26.2 Å². The minimum atomic E-state index is 0.339. The monoisotopic (exact) mass is 206 g/mol. The Labute approximate surface area is 91.7 Å².